The molecule has 0 aliphatic carbocycles. The minimum absolute atomic E-state index is 0.167. The number of rotatable bonds is 6. The minimum Gasteiger partial charge on any atom is -0.495 e. The zero-order chi connectivity index (χ0) is 21.2. The standard InChI is InChI=1S/C19H22ClFN2O4S/c1-12(2)23(4)28(25,26)14-7-8-16(21)15(11-14)19(24)22(3)17-10-13(20)6-9-18(17)27-5/h6-12H,1-5H3. The summed E-state index contributed by atoms with van der Waals surface area (Å²) < 4.78 is 46.1. The number of benzene rings is 2. The van der Waals surface area contributed by atoms with E-state index in [1.54, 1.807) is 26.0 Å². The van der Waals surface area contributed by atoms with E-state index in [4.69, 9.17) is 16.3 Å². The van der Waals surface area contributed by atoms with Gasteiger partial charge in [0.15, 0.2) is 0 Å². The lowest BCUT2D eigenvalue weighted by atomic mass is 10.1. The van der Waals surface area contributed by atoms with Crippen LogP contribution in [0.4, 0.5) is 10.1 Å². The zero-order valence-electron chi connectivity index (χ0n) is 16.2. The normalized spacial score (nSPS) is 11.8. The first-order chi connectivity index (χ1) is 13.0. The Kier molecular flexibility index (Phi) is 6.69. The molecule has 9 heteroatoms. The molecule has 0 radical (unpaired) electrons. The third-order valence-corrected chi connectivity index (χ3v) is 6.64. The Morgan fingerprint density at radius 3 is 2.36 bits per heavy atom. The molecule has 152 valence electrons. The first-order valence-corrected chi connectivity index (χ1v) is 10.2. The van der Waals surface area contributed by atoms with Gasteiger partial charge in [0.05, 0.1) is 23.3 Å². The first kappa shape index (κ1) is 22.1. The number of carbonyl (C=O) groups excluding carboxylic acids is 1. The van der Waals surface area contributed by atoms with Gasteiger partial charge in [-0.15, -0.1) is 0 Å². The van der Waals surface area contributed by atoms with Crippen LogP contribution in [0.3, 0.4) is 0 Å². The highest BCUT2D eigenvalue weighted by Gasteiger charge is 2.27. The molecule has 2 rings (SSSR count). The Morgan fingerprint density at radius 2 is 1.79 bits per heavy atom. The molecule has 0 saturated heterocycles. The fourth-order valence-corrected chi connectivity index (χ4v) is 4.05. The third-order valence-electron chi connectivity index (χ3n) is 4.38. The Bertz CT molecular complexity index is 995. The van der Waals surface area contributed by atoms with Gasteiger partial charge in [-0.25, -0.2) is 12.8 Å². The SMILES string of the molecule is COc1ccc(Cl)cc1N(C)C(=O)c1cc(S(=O)(=O)N(C)C(C)C)ccc1F. The van der Waals surface area contributed by atoms with Crippen molar-refractivity contribution in [1.29, 1.82) is 0 Å². The highest BCUT2D eigenvalue weighted by Crippen LogP contribution is 2.32. The molecular weight excluding hydrogens is 407 g/mol. The average Bonchev–Trinajstić information content (AvgIpc) is 2.66. The van der Waals surface area contributed by atoms with E-state index in [2.05, 4.69) is 0 Å². The summed E-state index contributed by atoms with van der Waals surface area (Å²) in [5, 5.41) is 0.366. The molecular formula is C19H22ClFN2O4S. The van der Waals surface area contributed by atoms with Crippen molar-refractivity contribution in [2.75, 3.05) is 26.1 Å². The van der Waals surface area contributed by atoms with Crippen molar-refractivity contribution in [3.05, 3.63) is 52.8 Å². The van der Waals surface area contributed by atoms with Crippen LogP contribution in [-0.2, 0) is 10.0 Å². The van der Waals surface area contributed by atoms with Gasteiger partial charge in [0.2, 0.25) is 10.0 Å². The maximum atomic E-state index is 14.4. The van der Waals surface area contributed by atoms with Gasteiger partial charge in [-0.3, -0.25) is 4.79 Å². The van der Waals surface area contributed by atoms with Crippen molar-refractivity contribution in [3.8, 4) is 5.75 Å². The second-order valence-corrected chi connectivity index (χ2v) is 8.87. The minimum atomic E-state index is -3.87. The molecule has 0 N–H and O–H groups in total. The van der Waals surface area contributed by atoms with E-state index in [0.717, 1.165) is 27.4 Å². The van der Waals surface area contributed by atoms with Crippen LogP contribution in [-0.4, -0.2) is 45.9 Å². The van der Waals surface area contributed by atoms with E-state index in [9.17, 15) is 17.6 Å². The van der Waals surface area contributed by atoms with Gasteiger partial charge in [0.1, 0.15) is 11.6 Å². The van der Waals surface area contributed by atoms with Crippen molar-refractivity contribution in [2.45, 2.75) is 24.8 Å². The van der Waals surface area contributed by atoms with Gasteiger partial charge < -0.3 is 9.64 Å². The summed E-state index contributed by atoms with van der Waals surface area (Å²) >= 11 is 6.00. The summed E-state index contributed by atoms with van der Waals surface area (Å²) in [6.45, 7) is 3.43. The summed E-state index contributed by atoms with van der Waals surface area (Å²) in [6.07, 6.45) is 0. The van der Waals surface area contributed by atoms with Crippen molar-refractivity contribution in [2.24, 2.45) is 0 Å². The summed E-state index contributed by atoms with van der Waals surface area (Å²) in [5.74, 6) is -1.20. The number of nitrogens with zero attached hydrogens (tertiary/aromatic N) is 2. The molecule has 0 heterocycles. The Hall–Kier alpha value is -2.16. The van der Waals surface area contributed by atoms with Crippen molar-refractivity contribution >= 4 is 33.2 Å². The molecule has 2 aromatic carbocycles. The van der Waals surface area contributed by atoms with Crippen LogP contribution in [0.25, 0.3) is 0 Å². The number of hydrogen-bond donors (Lipinski definition) is 0. The molecule has 0 saturated carbocycles. The maximum Gasteiger partial charge on any atom is 0.261 e. The van der Waals surface area contributed by atoms with Crippen LogP contribution >= 0.6 is 11.6 Å². The molecule has 1 amide bonds. The van der Waals surface area contributed by atoms with Crippen LogP contribution < -0.4 is 9.64 Å². The maximum absolute atomic E-state index is 14.4. The van der Waals surface area contributed by atoms with Gasteiger partial charge in [0, 0.05) is 25.2 Å². The monoisotopic (exact) mass is 428 g/mol. The predicted molar refractivity (Wildman–Crippen MR) is 107 cm³/mol. The lowest BCUT2D eigenvalue weighted by molar-refractivity contribution is 0.0988. The Morgan fingerprint density at radius 1 is 1.14 bits per heavy atom. The van der Waals surface area contributed by atoms with E-state index >= 15 is 0 Å². The third kappa shape index (κ3) is 4.29. The molecule has 0 fully saturated rings. The number of methoxy groups -OCH3 is 1. The summed E-state index contributed by atoms with van der Waals surface area (Å²) in [5.41, 5.74) is -0.0466. The van der Waals surface area contributed by atoms with E-state index in [1.165, 1.54) is 27.3 Å². The lowest BCUT2D eigenvalue weighted by Crippen LogP contribution is -2.33. The number of anilines is 1. The summed E-state index contributed by atoms with van der Waals surface area (Å²) in [7, 11) is 0.413. The second-order valence-electron chi connectivity index (χ2n) is 6.44. The van der Waals surface area contributed by atoms with Crippen LogP contribution in [0.15, 0.2) is 41.3 Å². The quantitative estimate of drug-likeness (QED) is 0.702. The van der Waals surface area contributed by atoms with Crippen LogP contribution in [0.2, 0.25) is 5.02 Å². The van der Waals surface area contributed by atoms with Crippen molar-refractivity contribution in [1.82, 2.24) is 4.31 Å². The van der Waals surface area contributed by atoms with Gasteiger partial charge in [-0.1, -0.05) is 11.6 Å². The van der Waals surface area contributed by atoms with Crippen molar-refractivity contribution in [3.63, 3.8) is 0 Å². The number of carbonyl (C=O) groups is 1. The highest BCUT2D eigenvalue weighted by atomic mass is 35.5. The van der Waals surface area contributed by atoms with Crippen LogP contribution in [0.1, 0.15) is 24.2 Å². The zero-order valence-corrected chi connectivity index (χ0v) is 17.8. The second kappa shape index (κ2) is 8.46. The smallest absolute Gasteiger partial charge is 0.261 e. The van der Waals surface area contributed by atoms with Crippen molar-refractivity contribution < 1.29 is 22.3 Å². The first-order valence-electron chi connectivity index (χ1n) is 8.40. The van der Waals surface area contributed by atoms with Gasteiger partial charge in [-0.05, 0) is 50.2 Å². The predicted octanol–water partition coefficient (Wildman–Crippen LogP) is 3.79. The molecule has 0 aliphatic rings. The summed E-state index contributed by atoms with van der Waals surface area (Å²) in [4.78, 5) is 13.9. The molecule has 0 atom stereocenters. The number of ether oxygens (including phenoxy) is 1. The van der Waals surface area contributed by atoms with E-state index < -0.39 is 21.7 Å². The Labute approximate surface area is 169 Å². The lowest BCUT2D eigenvalue weighted by Gasteiger charge is -2.23. The fraction of sp³-hybridized carbons (Fsp3) is 0.316. The molecule has 0 bridgehead atoms. The number of amides is 1. The number of halogens is 2. The average molecular weight is 429 g/mol. The topological polar surface area (TPSA) is 66.9 Å². The van der Waals surface area contributed by atoms with Gasteiger partial charge in [0.25, 0.3) is 5.91 Å². The molecule has 0 spiro atoms. The van der Waals surface area contributed by atoms with E-state index in [1.807, 2.05) is 0 Å². The van der Waals surface area contributed by atoms with Gasteiger partial charge >= 0.3 is 0 Å². The molecule has 2 aromatic rings. The highest BCUT2D eigenvalue weighted by molar-refractivity contribution is 7.89. The van der Waals surface area contributed by atoms with E-state index in [0.29, 0.717) is 16.5 Å². The molecule has 0 aliphatic heterocycles. The number of sulfonamides is 1. The Balaban J connectivity index is 2.51. The molecule has 0 unspecified atom stereocenters. The van der Waals surface area contributed by atoms with Gasteiger partial charge in [-0.2, -0.15) is 4.31 Å². The molecule has 28 heavy (non-hydrogen) atoms. The van der Waals surface area contributed by atoms with E-state index in [-0.39, 0.29) is 16.5 Å². The number of hydrogen-bond acceptors (Lipinski definition) is 4. The van der Waals surface area contributed by atoms with Crippen LogP contribution in [0.5, 0.6) is 5.75 Å². The molecule has 6 nitrogen and oxygen atoms in total. The molecule has 0 aromatic heterocycles. The summed E-state index contributed by atoms with van der Waals surface area (Å²) in [6, 6.07) is 7.53. The fourth-order valence-electron chi connectivity index (χ4n) is 2.49. The largest absolute Gasteiger partial charge is 0.495 e. The van der Waals surface area contributed by atoms with Crippen LogP contribution in [0, 0.1) is 5.82 Å².